The molecule has 2 rings (SSSR count). The maximum Gasteiger partial charge on any atom is 0.408 e. The SMILES string of the molecule is O=C1NCC(c2cc(F)ccn2)O1. The summed E-state index contributed by atoms with van der Waals surface area (Å²) < 4.78 is 17.5. The molecule has 5 heteroatoms. The molecule has 0 saturated carbocycles. The minimum absolute atomic E-state index is 0.343. The predicted molar refractivity (Wildman–Crippen MR) is 41.4 cm³/mol. The first kappa shape index (κ1) is 7.97. The number of nitrogens with one attached hydrogen (secondary N) is 1. The number of nitrogens with zero attached hydrogens (tertiary/aromatic N) is 1. The smallest absolute Gasteiger partial charge is 0.408 e. The van der Waals surface area contributed by atoms with E-state index in [4.69, 9.17) is 4.74 Å². The second-order valence-electron chi connectivity index (χ2n) is 2.67. The molecular weight excluding hydrogens is 175 g/mol. The number of carbonyl (C=O) groups excluding carboxylic acids is 1. The standard InChI is InChI=1S/C8H7FN2O2/c9-5-1-2-10-6(3-5)7-4-11-8(12)13-7/h1-3,7H,4H2,(H,11,12). The Kier molecular flexibility index (Phi) is 1.84. The lowest BCUT2D eigenvalue weighted by molar-refractivity contribution is 0.139. The van der Waals surface area contributed by atoms with E-state index in [1.165, 1.54) is 18.3 Å². The van der Waals surface area contributed by atoms with Crippen molar-refractivity contribution in [2.75, 3.05) is 6.54 Å². The number of halogens is 1. The van der Waals surface area contributed by atoms with Crippen molar-refractivity contribution in [3.63, 3.8) is 0 Å². The molecule has 1 amide bonds. The molecule has 0 aromatic carbocycles. The van der Waals surface area contributed by atoms with Crippen LogP contribution in [0.25, 0.3) is 0 Å². The minimum atomic E-state index is -0.490. The van der Waals surface area contributed by atoms with E-state index < -0.39 is 12.2 Å². The molecule has 68 valence electrons. The number of amides is 1. The van der Waals surface area contributed by atoms with Crippen LogP contribution in [0.1, 0.15) is 11.8 Å². The van der Waals surface area contributed by atoms with Gasteiger partial charge in [-0.2, -0.15) is 0 Å². The Morgan fingerprint density at radius 1 is 1.69 bits per heavy atom. The molecule has 0 aliphatic carbocycles. The van der Waals surface area contributed by atoms with E-state index in [1.807, 2.05) is 0 Å². The molecule has 0 radical (unpaired) electrons. The van der Waals surface area contributed by atoms with Crippen LogP contribution in [0.15, 0.2) is 18.3 Å². The summed E-state index contributed by atoms with van der Waals surface area (Å²) in [4.78, 5) is 14.6. The summed E-state index contributed by atoms with van der Waals surface area (Å²) in [5.41, 5.74) is 0.429. The first-order valence-corrected chi connectivity index (χ1v) is 3.81. The molecule has 1 N–H and O–H groups in total. The van der Waals surface area contributed by atoms with Crippen LogP contribution in [0.4, 0.5) is 9.18 Å². The lowest BCUT2D eigenvalue weighted by Gasteiger charge is -2.05. The van der Waals surface area contributed by atoms with Crippen LogP contribution in [0.2, 0.25) is 0 Å². The second kappa shape index (κ2) is 3.01. The van der Waals surface area contributed by atoms with E-state index in [0.717, 1.165) is 0 Å². The van der Waals surface area contributed by atoms with Gasteiger partial charge in [0.15, 0.2) is 6.10 Å². The van der Waals surface area contributed by atoms with Crippen molar-refractivity contribution in [3.8, 4) is 0 Å². The molecule has 0 spiro atoms. The van der Waals surface area contributed by atoms with Crippen LogP contribution in [-0.4, -0.2) is 17.6 Å². The maximum absolute atomic E-state index is 12.7. The average Bonchev–Trinajstić information content (AvgIpc) is 2.52. The van der Waals surface area contributed by atoms with Crippen LogP contribution in [0.5, 0.6) is 0 Å². The Bertz CT molecular complexity index is 343. The van der Waals surface area contributed by atoms with Crippen LogP contribution < -0.4 is 5.32 Å². The highest BCUT2D eigenvalue weighted by Crippen LogP contribution is 2.18. The highest BCUT2D eigenvalue weighted by atomic mass is 19.1. The number of pyridine rings is 1. The molecule has 2 heterocycles. The summed E-state index contributed by atoms with van der Waals surface area (Å²) in [5, 5.41) is 2.46. The van der Waals surface area contributed by atoms with Crippen LogP contribution in [-0.2, 0) is 4.74 Å². The van der Waals surface area contributed by atoms with E-state index in [1.54, 1.807) is 0 Å². The van der Waals surface area contributed by atoms with E-state index in [2.05, 4.69) is 10.3 Å². The molecule has 1 aliphatic rings. The third-order valence-electron chi connectivity index (χ3n) is 1.75. The van der Waals surface area contributed by atoms with Gasteiger partial charge >= 0.3 is 6.09 Å². The summed E-state index contributed by atoms with van der Waals surface area (Å²) >= 11 is 0. The molecule has 4 nitrogen and oxygen atoms in total. The van der Waals surface area contributed by atoms with E-state index >= 15 is 0 Å². The van der Waals surface area contributed by atoms with Gasteiger partial charge in [0.2, 0.25) is 0 Å². The van der Waals surface area contributed by atoms with E-state index in [0.29, 0.717) is 12.2 Å². The van der Waals surface area contributed by atoms with E-state index in [-0.39, 0.29) is 5.82 Å². The van der Waals surface area contributed by atoms with Gasteiger partial charge in [-0.1, -0.05) is 0 Å². The fraction of sp³-hybridized carbons (Fsp3) is 0.250. The first-order chi connectivity index (χ1) is 6.25. The van der Waals surface area contributed by atoms with Crippen molar-refractivity contribution in [1.29, 1.82) is 0 Å². The lowest BCUT2D eigenvalue weighted by atomic mass is 10.2. The third kappa shape index (κ3) is 1.58. The van der Waals surface area contributed by atoms with Gasteiger partial charge in [0, 0.05) is 6.20 Å². The predicted octanol–water partition coefficient (Wildman–Crippen LogP) is 1.00. The Balaban J connectivity index is 2.21. The van der Waals surface area contributed by atoms with Crippen molar-refractivity contribution in [1.82, 2.24) is 10.3 Å². The molecular formula is C8H7FN2O2. The van der Waals surface area contributed by atoms with Crippen LogP contribution in [0, 0.1) is 5.82 Å². The molecule has 1 aromatic heterocycles. The Morgan fingerprint density at radius 3 is 3.15 bits per heavy atom. The number of hydrogen-bond donors (Lipinski definition) is 1. The molecule has 0 bridgehead atoms. The molecule has 1 unspecified atom stereocenters. The van der Waals surface area contributed by atoms with Gasteiger partial charge in [0.05, 0.1) is 12.2 Å². The van der Waals surface area contributed by atoms with Crippen molar-refractivity contribution >= 4 is 6.09 Å². The number of ether oxygens (including phenoxy) is 1. The zero-order valence-electron chi connectivity index (χ0n) is 6.66. The van der Waals surface area contributed by atoms with Crippen molar-refractivity contribution in [3.05, 3.63) is 29.8 Å². The summed E-state index contributed by atoms with van der Waals surface area (Å²) in [5.74, 6) is -0.382. The van der Waals surface area contributed by atoms with Crippen LogP contribution in [0.3, 0.4) is 0 Å². The van der Waals surface area contributed by atoms with Crippen molar-refractivity contribution < 1.29 is 13.9 Å². The Hall–Kier alpha value is -1.65. The summed E-state index contributed by atoms with van der Waals surface area (Å²) in [6.45, 7) is 0.343. The highest BCUT2D eigenvalue weighted by molar-refractivity contribution is 5.69. The molecule has 13 heavy (non-hydrogen) atoms. The number of rotatable bonds is 1. The molecule has 1 atom stereocenters. The Morgan fingerprint density at radius 2 is 2.54 bits per heavy atom. The quantitative estimate of drug-likeness (QED) is 0.704. The fourth-order valence-corrected chi connectivity index (χ4v) is 1.15. The van der Waals surface area contributed by atoms with E-state index in [9.17, 15) is 9.18 Å². The van der Waals surface area contributed by atoms with Gasteiger partial charge in [0.1, 0.15) is 5.82 Å². The zero-order valence-corrected chi connectivity index (χ0v) is 6.66. The van der Waals surface area contributed by atoms with Gasteiger partial charge in [-0.15, -0.1) is 0 Å². The number of carbonyl (C=O) groups is 1. The molecule has 1 saturated heterocycles. The average molecular weight is 182 g/mol. The minimum Gasteiger partial charge on any atom is -0.438 e. The molecule has 1 fully saturated rings. The van der Waals surface area contributed by atoms with Gasteiger partial charge < -0.3 is 10.1 Å². The van der Waals surface area contributed by atoms with Gasteiger partial charge in [-0.3, -0.25) is 4.98 Å². The Labute approximate surface area is 73.7 Å². The number of hydrogen-bond acceptors (Lipinski definition) is 3. The van der Waals surface area contributed by atoms with Crippen molar-refractivity contribution in [2.24, 2.45) is 0 Å². The summed E-state index contributed by atoms with van der Waals surface area (Å²) in [6, 6.07) is 2.50. The normalized spacial score (nSPS) is 21.0. The topological polar surface area (TPSA) is 51.2 Å². The number of aromatic nitrogens is 1. The number of cyclic esters (lactones) is 1. The molecule has 1 aliphatic heterocycles. The fourth-order valence-electron chi connectivity index (χ4n) is 1.15. The third-order valence-corrected chi connectivity index (χ3v) is 1.75. The van der Waals surface area contributed by atoms with Gasteiger partial charge in [-0.05, 0) is 12.1 Å². The molecule has 1 aromatic rings. The van der Waals surface area contributed by atoms with Gasteiger partial charge in [0.25, 0.3) is 0 Å². The maximum atomic E-state index is 12.7. The van der Waals surface area contributed by atoms with Crippen molar-refractivity contribution in [2.45, 2.75) is 6.10 Å². The lowest BCUT2D eigenvalue weighted by Crippen LogP contribution is -2.12. The highest BCUT2D eigenvalue weighted by Gasteiger charge is 2.25. The largest absolute Gasteiger partial charge is 0.438 e. The summed E-state index contributed by atoms with van der Waals surface area (Å²) in [7, 11) is 0. The monoisotopic (exact) mass is 182 g/mol. The van der Waals surface area contributed by atoms with Gasteiger partial charge in [-0.25, -0.2) is 9.18 Å². The summed E-state index contributed by atoms with van der Waals surface area (Å²) in [6.07, 6.45) is 0.385. The second-order valence-corrected chi connectivity index (χ2v) is 2.67. The van der Waals surface area contributed by atoms with Crippen LogP contribution >= 0.6 is 0 Å². The zero-order chi connectivity index (χ0) is 9.26. The first-order valence-electron chi connectivity index (χ1n) is 3.81. The number of alkyl carbamates (subject to hydrolysis) is 1.